The number of guanidine groups is 1. The lowest BCUT2D eigenvalue weighted by atomic mass is 10.1. The lowest BCUT2D eigenvalue weighted by Gasteiger charge is -2.29. The molecule has 2 N–H and O–H groups in total. The maximum absolute atomic E-state index is 12.1. The van der Waals surface area contributed by atoms with Crippen molar-refractivity contribution in [3.05, 3.63) is 24.3 Å². The van der Waals surface area contributed by atoms with Gasteiger partial charge in [0.15, 0.2) is 12.6 Å². The number of carbonyl (C=O) groups is 1. The predicted octanol–water partition coefficient (Wildman–Crippen LogP) is 2.65. The van der Waals surface area contributed by atoms with E-state index in [0.717, 1.165) is 43.4 Å². The first-order chi connectivity index (χ1) is 13.1. The molecule has 0 atom stereocenters. The summed E-state index contributed by atoms with van der Waals surface area (Å²) in [5.74, 6) is 2.17. The summed E-state index contributed by atoms with van der Waals surface area (Å²) in [6.07, 6.45) is 1.89. The molecule has 1 aliphatic heterocycles. The largest absolute Gasteiger partial charge is 0.482 e. The van der Waals surface area contributed by atoms with Gasteiger partial charge in [-0.15, -0.1) is 24.0 Å². The Labute approximate surface area is 185 Å². The molecule has 0 unspecified atom stereocenters. The molecule has 1 aromatic carbocycles. The second-order valence-corrected chi connectivity index (χ2v) is 6.88. The predicted molar refractivity (Wildman–Crippen MR) is 124 cm³/mol. The molecular weight excluding hydrogens is 471 g/mol. The number of fused-ring (bicyclic) bond motifs is 1. The number of aliphatic imine (C=N–C) groups is 1. The van der Waals surface area contributed by atoms with Gasteiger partial charge in [-0.2, -0.15) is 0 Å². The lowest BCUT2D eigenvalue weighted by molar-refractivity contribution is -0.121. The standard InChI is InChI=1S/C20H32N4O3.HI/c1-16(2)9-13-26-14-11-23-20(21-3)22-10-6-12-24-17-7-4-5-8-18(17)27-15-19(24)25;/h4-5,7-8,16H,6,9-15H2,1-3H3,(H2,21,22,23);1H. The zero-order valence-electron chi connectivity index (χ0n) is 17.1. The second-order valence-electron chi connectivity index (χ2n) is 6.88. The van der Waals surface area contributed by atoms with Gasteiger partial charge >= 0.3 is 0 Å². The van der Waals surface area contributed by atoms with Crippen molar-refractivity contribution in [3.8, 4) is 5.75 Å². The Balaban J connectivity index is 0.00000392. The van der Waals surface area contributed by atoms with Gasteiger partial charge in [-0.1, -0.05) is 26.0 Å². The lowest BCUT2D eigenvalue weighted by Crippen LogP contribution is -2.42. The Bertz CT molecular complexity index is 625. The first kappa shape index (κ1) is 24.5. The number of nitrogens with one attached hydrogen (secondary N) is 2. The fourth-order valence-corrected chi connectivity index (χ4v) is 2.73. The minimum absolute atomic E-state index is 0. The molecule has 7 nitrogen and oxygen atoms in total. The van der Waals surface area contributed by atoms with Crippen molar-refractivity contribution >= 4 is 41.5 Å². The minimum atomic E-state index is -0.00486. The van der Waals surface area contributed by atoms with Crippen LogP contribution in [0.2, 0.25) is 0 Å². The highest BCUT2D eigenvalue weighted by molar-refractivity contribution is 14.0. The summed E-state index contributed by atoms with van der Waals surface area (Å²) in [5, 5.41) is 6.50. The van der Waals surface area contributed by atoms with E-state index in [-0.39, 0.29) is 36.5 Å². The molecule has 0 saturated carbocycles. The topological polar surface area (TPSA) is 75.2 Å². The summed E-state index contributed by atoms with van der Waals surface area (Å²) >= 11 is 0. The smallest absolute Gasteiger partial charge is 0.265 e. The number of nitrogens with zero attached hydrogens (tertiary/aromatic N) is 2. The van der Waals surface area contributed by atoms with Crippen LogP contribution >= 0.6 is 24.0 Å². The van der Waals surface area contributed by atoms with Gasteiger partial charge < -0.3 is 25.0 Å². The zero-order valence-corrected chi connectivity index (χ0v) is 19.4. The number of benzene rings is 1. The summed E-state index contributed by atoms with van der Waals surface area (Å²) in [5.41, 5.74) is 0.842. The van der Waals surface area contributed by atoms with Gasteiger partial charge in [0.2, 0.25) is 0 Å². The van der Waals surface area contributed by atoms with E-state index >= 15 is 0 Å². The molecule has 1 aliphatic rings. The molecule has 8 heteroatoms. The molecule has 1 aromatic rings. The third-order valence-corrected chi connectivity index (χ3v) is 4.26. The third kappa shape index (κ3) is 8.22. The Kier molecular flexibility index (Phi) is 11.9. The summed E-state index contributed by atoms with van der Waals surface area (Å²) in [7, 11) is 1.75. The van der Waals surface area contributed by atoms with Crippen molar-refractivity contribution in [1.82, 2.24) is 10.6 Å². The molecule has 1 heterocycles. The van der Waals surface area contributed by atoms with E-state index in [1.165, 1.54) is 0 Å². The van der Waals surface area contributed by atoms with Crippen LogP contribution in [-0.2, 0) is 9.53 Å². The molecule has 1 amide bonds. The number of hydrogen-bond donors (Lipinski definition) is 2. The average Bonchev–Trinajstić information content (AvgIpc) is 2.67. The van der Waals surface area contributed by atoms with Crippen LogP contribution < -0.4 is 20.3 Å². The average molecular weight is 504 g/mol. The van der Waals surface area contributed by atoms with E-state index in [0.29, 0.717) is 25.6 Å². The molecule has 28 heavy (non-hydrogen) atoms. The molecule has 0 aromatic heterocycles. The second kappa shape index (κ2) is 13.6. The number of para-hydroxylation sites is 2. The molecular formula is C20H33IN4O3. The van der Waals surface area contributed by atoms with Crippen molar-refractivity contribution in [2.75, 3.05) is 51.4 Å². The van der Waals surface area contributed by atoms with Gasteiger partial charge in [0.1, 0.15) is 5.75 Å². The number of hydrogen-bond acceptors (Lipinski definition) is 4. The summed E-state index contributed by atoms with van der Waals surface area (Å²) < 4.78 is 11.1. The van der Waals surface area contributed by atoms with E-state index in [4.69, 9.17) is 9.47 Å². The summed E-state index contributed by atoms with van der Waals surface area (Å²) in [6, 6.07) is 7.64. The molecule has 0 radical (unpaired) electrons. The maximum Gasteiger partial charge on any atom is 0.265 e. The first-order valence-corrected chi connectivity index (χ1v) is 9.66. The Morgan fingerprint density at radius 2 is 2.00 bits per heavy atom. The van der Waals surface area contributed by atoms with Gasteiger partial charge in [-0.3, -0.25) is 9.79 Å². The monoisotopic (exact) mass is 504 g/mol. The minimum Gasteiger partial charge on any atom is -0.482 e. The zero-order chi connectivity index (χ0) is 19.5. The van der Waals surface area contributed by atoms with Gasteiger partial charge in [0.05, 0.1) is 12.3 Å². The van der Waals surface area contributed by atoms with Crippen molar-refractivity contribution in [3.63, 3.8) is 0 Å². The van der Waals surface area contributed by atoms with E-state index < -0.39 is 0 Å². The first-order valence-electron chi connectivity index (χ1n) is 9.66. The fourth-order valence-electron chi connectivity index (χ4n) is 2.73. The SMILES string of the molecule is CN=C(NCCCN1C(=O)COc2ccccc21)NCCOCCC(C)C.I. The number of amides is 1. The number of carbonyl (C=O) groups excluding carboxylic acids is 1. The highest BCUT2D eigenvalue weighted by Crippen LogP contribution is 2.31. The number of rotatable bonds is 10. The number of halogens is 1. The highest BCUT2D eigenvalue weighted by Gasteiger charge is 2.24. The van der Waals surface area contributed by atoms with Gasteiger partial charge in [0, 0.05) is 33.3 Å². The van der Waals surface area contributed by atoms with E-state index in [1.807, 2.05) is 24.3 Å². The van der Waals surface area contributed by atoms with Crippen molar-refractivity contribution in [1.29, 1.82) is 0 Å². The van der Waals surface area contributed by atoms with Gasteiger partial charge in [0.25, 0.3) is 5.91 Å². The van der Waals surface area contributed by atoms with E-state index in [2.05, 4.69) is 29.5 Å². The quantitative estimate of drug-likeness (QED) is 0.222. The molecule has 0 fully saturated rings. The number of anilines is 1. The van der Waals surface area contributed by atoms with Crippen molar-refractivity contribution in [2.45, 2.75) is 26.7 Å². The van der Waals surface area contributed by atoms with Crippen molar-refractivity contribution < 1.29 is 14.3 Å². The molecule has 2 rings (SSSR count). The molecule has 0 spiro atoms. The van der Waals surface area contributed by atoms with Crippen LogP contribution in [0.3, 0.4) is 0 Å². The summed E-state index contributed by atoms with van der Waals surface area (Å²) in [4.78, 5) is 18.1. The van der Waals surface area contributed by atoms with Gasteiger partial charge in [-0.05, 0) is 30.9 Å². The van der Waals surface area contributed by atoms with Crippen LogP contribution in [0.25, 0.3) is 0 Å². The van der Waals surface area contributed by atoms with Crippen LogP contribution in [0, 0.1) is 5.92 Å². The van der Waals surface area contributed by atoms with Gasteiger partial charge in [-0.25, -0.2) is 0 Å². The fraction of sp³-hybridized carbons (Fsp3) is 0.600. The number of ether oxygens (including phenoxy) is 2. The van der Waals surface area contributed by atoms with Crippen LogP contribution in [0.5, 0.6) is 5.75 Å². The van der Waals surface area contributed by atoms with E-state index in [9.17, 15) is 4.79 Å². The van der Waals surface area contributed by atoms with Crippen LogP contribution in [0.1, 0.15) is 26.7 Å². The van der Waals surface area contributed by atoms with Crippen LogP contribution in [0.15, 0.2) is 29.3 Å². The summed E-state index contributed by atoms with van der Waals surface area (Å²) in [6.45, 7) is 8.01. The van der Waals surface area contributed by atoms with Crippen molar-refractivity contribution in [2.24, 2.45) is 10.9 Å². The molecule has 0 aliphatic carbocycles. The molecule has 0 saturated heterocycles. The van der Waals surface area contributed by atoms with E-state index in [1.54, 1.807) is 11.9 Å². The van der Waals surface area contributed by atoms with Crippen LogP contribution in [-0.4, -0.2) is 58.4 Å². The Hall–Kier alpha value is -1.55. The molecule has 158 valence electrons. The maximum atomic E-state index is 12.1. The Morgan fingerprint density at radius 1 is 1.25 bits per heavy atom. The third-order valence-electron chi connectivity index (χ3n) is 4.26. The Morgan fingerprint density at radius 3 is 2.75 bits per heavy atom. The highest BCUT2D eigenvalue weighted by atomic mass is 127. The molecule has 0 bridgehead atoms. The normalized spacial score (nSPS) is 13.6. The van der Waals surface area contributed by atoms with Crippen LogP contribution in [0.4, 0.5) is 5.69 Å².